The lowest BCUT2D eigenvalue weighted by Gasteiger charge is -2.05. The molecule has 6 heteroatoms. The Morgan fingerprint density at radius 3 is 3.00 bits per heavy atom. The van der Waals surface area contributed by atoms with Gasteiger partial charge < -0.3 is 5.73 Å². The fraction of sp³-hybridized carbons (Fsp3) is 0.231. The van der Waals surface area contributed by atoms with Crippen LogP contribution in [0.5, 0.6) is 0 Å². The zero-order chi connectivity index (χ0) is 13.2. The Labute approximate surface area is 110 Å². The monoisotopic (exact) mass is 254 g/mol. The predicted molar refractivity (Wildman–Crippen MR) is 71.5 cm³/mol. The molecule has 0 amide bonds. The minimum Gasteiger partial charge on any atom is -0.330 e. The molecule has 0 aliphatic rings. The Hall–Kier alpha value is -2.34. The summed E-state index contributed by atoms with van der Waals surface area (Å²) in [4.78, 5) is 4.56. The van der Waals surface area contributed by atoms with Gasteiger partial charge in [-0.15, -0.1) is 15.3 Å². The number of aromatic nitrogens is 5. The van der Waals surface area contributed by atoms with Gasteiger partial charge in [0.25, 0.3) is 0 Å². The van der Waals surface area contributed by atoms with E-state index in [9.17, 15) is 0 Å². The SMILES string of the molecule is Cc1cccc(-c2nc(CCN)c3nncn3n2)c1. The van der Waals surface area contributed by atoms with Crippen LogP contribution in [-0.4, -0.2) is 31.3 Å². The largest absolute Gasteiger partial charge is 0.330 e. The normalized spacial score (nSPS) is 11.1. The molecule has 1 aromatic carbocycles. The Balaban J connectivity index is 2.18. The van der Waals surface area contributed by atoms with E-state index < -0.39 is 0 Å². The number of nitrogens with two attached hydrogens (primary N) is 1. The molecule has 2 heterocycles. The third kappa shape index (κ3) is 2.17. The van der Waals surface area contributed by atoms with E-state index >= 15 is 0 Å². The average Bonchev–Trinajstić information content (AvgIpc) is 2.87. The van der Waals surface area contributed by atoms with Gasteiger partial charge in [-0.3, -0.25) is 0 Å². The van der Waals surface area contributed by atoms with Crippen LogP contribution in [0.1, 0.15) is 11.3 Å². The summed E-state index contributed by atoms with van der Waals surface area (Å²) in [5.41, 5.74) is 9.26. The van der Waals surface area contributed by atoms with Crippen molar-refractivity contribution >= 4 is 5.65 Å². The quantitative estimate of drug-likeness (QED) is 0.754. The van der Waals surface area contributed by atoms with E-state index in [1.54, 1.807) is 10.8 Å². The minimum atomic E-state index is 0.521. The highest BCUT2D eigenvalue weighted by molar-refractivity contribution is 5.57. The summed E-state index contributed by atoms with van der Waals surface area (Å²) in [6.45, 7) is 2.56. The topological polar surface area (TPSA) is 82.0 Å². The summed E-state index contributed by atoms with van der Waals surface area (Å²) >= 11 is 0. The summed E-state index contributed by atoms with van der Waals surface area (Å²) in [6.07, 6.45) is 2.24. The molecule has 3 rings (SSSR count). The van der Waals surface area contributed by atoms with Crippen LogP contribution < -0.4 is 5.73 Å². The molecular formula is C13H14N6. The van der Waals surface area contributed by atoms with Gasteiger partial charge in [-0.1, -0.05) is 23.8 Å². The molecule has 6 nitrogen and oxygen atoms in total. The molecule has 3 aromatic rings. The van der Waals surface area contributed by atoms with E-state index in [1.165, 1.54) is 5.56 Å². The van der Waals surface area contributed by atoms with Crippen LogP contribution in [0.15, 0.2) is 30.6 Å². The maximum absolute atomic E-state index is 5.62. The molecule has 2 N–H and O–H groups in total. The lowest BCUT2D eigenvalue weighted by atomic mass is 10.1. The molecule has 2 aromatic heterocycles. The first-order valence-corrected chi connectivity index (χ1v) is 6.12. The van der Waals surface area contributed by atoms with Crippen molar-refractivity contribution in [2.45, 2.75) is 13.3 Å². The number of aryl methyl sites for hydroxylation is 1. The van der Waals surface area contributed by atoms with E-state index in [-0.39, 0.29) is 0 Å². The molecule has 0 saturated heterocycles. The maximum Gasteiger partial charge on any atom is 0.199 e. The molecule has 0 aliphatic carbocycles. The highest BCUT2D eigenvalue weighted by Gasteiger charge is 2.10. The lowest BCUT2D eigenvalue weighted by molar-refractivity contribution is 0.845. The van der Waals surface area contributed by atoms with Crippen LogP contribution in [0.25, 0.3) is 17.0 Å². The van der Waals surface area contributed by atoms with Gasteiger partial charge in [-0.05, 0) is 19.5 Å². The predicted octanol–water partition coefficient (Wildman–Crippen LogP) is 0.996. The molecule has 19 heavy (non-hydrogen) atoms. The number of rotatable bonds is 3. The van der Waals surface area contributed by atoms with Crippen LogP contribution in [0.4, 0.5) is 0 Å². The number of hydrogen-bond acceptors (Lipinski definition) is 5. The summed E-state index contributed by atoms with van der Waals surface area (Å²) in [5, 5.41) is 12.3. The van der Waals surface area contributed by atoms with Gasteiger partial charge in [-0.25, -0.2) is 4.98 Å². The van der Waals surface area contributed by atoms with Crippen LogP contribution in [0.3, 0.4) is 0 Å². The average molecular weight is 254 g/mol. The highest BCUT2D eigenvalue weighted by Crippen LogP contribution is 2.17. The summed E-state index contributed by atoms with van der Waals surface area (Å²) in [6, 6.07) is 8.08. The third-order valence-electron chi connectivity index (χ3n) is 2.89. The first-order chi connectivity index (χ1) is 9.28. The van der Waals surface area contributed by atoms with Crippen molar-refractivity contribution < 1.29 is 0 Å². The van der Waals surface area contributed by atoms with Gasteiger partial charge in [0.15, 0.2) is 11.5 Å². The first kappa shape index (κ1) is 11.7. The third-order valence-corrected chi connectivity index (χ3v) is 2.89. The molecule has 0 fully saturated rings. The second kappa shape index (κ2) is 4.74. The van der Waals surface area contributed by atoms with Gasteiger partial charge in [0, 0.05) is 12.0 Å². The Kier molecular flexibility index (Phi) is 2.92. The van der Waals surface area contributed by atoms with Gasteiger partial charge in [-0.2, -0.15) is 4.52 Å². The van der Waals surface area contributed by atoms with E-state index in [1.807, 2.05) is 25.1 Å². The van der Waals surface area contributed by atoms with Crippen molar-refractivity contribution in [1.82, 2.24) is 24.8 Å². The standard InChI is InChI=1S/C13H14N6/c1-9-3-2-4-10(7-9)12-16-11(5-6-14)13-17-15-8-19(13)18-12/h2-4,7-8H,5-6,14H2,1H3. The van der Waals surface area contributed by atoms with Crippen LogP contribution in [0.2, 0.25) is 0 Å². The molecule has 0 unspecified atom stereocenters. The van der Waals surface area contributed by atoms with Gasteiger partial charge in [0.2, 0.25) is 0 Å². The van der Waals surface area contributed by atoms with Crippen molar-refractivity contribution in [3.63, 3.8) is 0 Å². The van der Waals surface area contributed by atoms with Crippen molar-refractivity contribution in [1.29, 1.82) is 0 Å². The Morgan fingerprint density at radius 2 is 2.21 bits per heavy atom. The number of fused-ring (bicyclic) bond motifs is 1. The molecule has 0 aliphatic heterocycles. The van der Waals surface area contributed by atoms with Crippen LogP contribution in [-0.2, 0) is 6.42 Å². The Morgan fingerprint density at radius 1 is 1.32 bits per heavy atom. The number of hydrogen-bond donors (Lipinski definition) is 1. The maximum atomic E-state index is 5.62. The fourth-order valence-corrected chi connectivity index (χ4v) is 2.01. The molecule has 0 spiro atoms. The molecule has 0 bridgehead atoms. The second-order valence-corrected chi connectivity index (χ2v) is 4.39. The minimum absolute atomic E-state index is 0.521. The van der Waals surface area contributed by atoms with E-state index in [0.29, 0.717) is 24.4 Å². The molecule has 0 radical (unpaired) electrons. The van der Waals surface area contributed by atoms with Gasteiger partial charge >= 0.3 is 0 Å². The zero-order valence-corrected chi connectivity index (χ0v) is 10.6. The van der Waals surface area contributed by atoms with E-state index in [2.05, 4.69) is 26.3 Å². The smallest absolute Gasteiger partial charge is 0.199 e. The summed E-state index contributed by atoms with van der Waals surface area (Å²) in [5.74, 6) is 0.666. The molecule has 96 valence electrons. The fourth-order valence-electron chi connectivity index (χ4n) is 2.01. The Bertz CT molecular complexity index is 718. The molecular weight excluding hydrogens is 240 g/mol. The highest BCUT2D eigenvalue weighted by atomic mass is 15.4. The van der Waals surface area contributed by atoms with Gasteiger partial charge in [0.1, 0.15) is 6.33 Å². The molecule has 0 saturated carbocycles. The second-order valence-electron chi connectivity index (χ2n) is 4.39. The number of nitrogens with zero attached hydrogens (tertiary/aromatic N) is 5. The van der Waals surface area contributed by atoms with Crippen molar-refractivity contribution in [3.8, 4) is 11.4 Å². The lowest BCUT2D eigenvalue weighted by Crippen LogP contribution is -2.09. The molecule has 0 atom stereocenters. The van der Waals surface area contributed by atoms with Crippen LogP contribution in [0, 0.1) is 6.92 Å². The van der Waals surface area contributed by atoms with E-state index in [0.717, 1.165) is 11.3 Å². The zero-order valence-electron chi connectivity index (χ0n) is 10.6. The van der Waals surface area contributed by atoms with Crippen molar-refractivity contribution in [3.05, 3.63) is 41.9 Å². The van der Waals surface area contributed by atoms with Crippen molar-refractivity contribution in [2.24, 2.45) is 5.73 Å². The van der Waals surface area contributed by atoms with Crippen LogP contribution >= 0.6 is 0 Å². The van der Waals surface area contributed by atoms with Gasteiger partial charge in [0.05, 0.1) is 5.69 Å². The summed E-state index contributed by atoms with van der Waals surface area (Å²) in [7, 11) is 0. The number of benzene rings is 1. The van der Waals surface area contributed by atoms with E-state index in [4.69, 9.17) is 5.73 Å². The van der Waals surface area contributed by atoms with Crippen molar-refractivity contribution in [2.75, 3.05) is 6.54 Å². The summed E-state index contributed by atoms with van der Waals surface area (Å²) < 4.78 is 1.65. The first-order valence-electron chi connectivity index (χ1n) is 6.12.